The molecule has 174 valence electrons. The van der Waals surface area contributed by atoms with E-state index in [1.807, 2.05) is 0 Å². The van der Waals surface area contributed by atoms with Gasteiger partial charge in [-0.15, -0.1) is 10.2 Å². The Balaban J connectivity index is 1.62. The molecule has 2 heterocycles. The number of hydrogen-bond donors (Lipinski definition) is 0. The van der Waals surface area contributed by atoms with Gasteiger partial charge < -0.3 is 9.47 Å². The zero-order chi connectivity index (χ0) is 24.1. The van der Waals surface area contributed by atoms with Gasteiger partial charge in [0.1, 0.15) is 0 Å². The lowest BCUT2D eigenvalue weighted by Crippen LogP contribution is -2.45. The van der Waals surface area contributed by atoms with E-state index in [2.05, 4.69) is 10.2 Å². The van der Waals surface area contributed by atoms with E-state index in [-0.39, 0.29) is 18.7 Å². The van der Waals surface area contributed by atoms with Crippen molar-refractivity contribution in [3.05, 3.63) is 70.0 Å². The summed E-state index contributed by atoms with van der Waals surface area (Å²) in [6, 6.07) is 7.10. The van der Waals surface area contributed by atoms with Crippen molar-refractivity contribution < 1.29 is 31.1 Å². The van der Waals surface area contributed by atoms with Gasteiger partial charge in [0.05, 0.1) is 28.3 Å². The van der Waals surface area contributed by atoms with Crippen LogP contribution in [-0.4, -0.2) is 31.6 Å². The van der Waals surface area contributed by atoms with Crippen molar-refractivity contribution in [2.75, 3.05) is 0 Å². The molecule has 1 amide bonds. The van der Waals surface area contributed by atoms with Gasteiger partial charge in [0.15, 0.2) is 11.6 Å². The Bertz CT molecular complexity index is 1200. The van der Waals surface area contributed by atoms with Crippen LogP contribution in [0.5, 0.6) is 0 Å². The predicted molar refractivity (Wildman–Crippen MR) is 106 cm³/mol. The van der Waals surface area contributed by atoms with Crippen LogP contribution in [0.25, 0.3) is 11.4 Å². The number of carbonyl (C=O) groups is 1. The average Bonchev–Trinajstić information content (AvgIpc) is 3.14. The maximum absolute atomic E-state index is 13.2. The minimum absolute atomic E-state index is 0.0553. The molecule has 1 atom stereocenters. The fraction of sp³-hybridized carbons (Fsp3) is 0.286. The third kappa shape index (κ3) is 4.29. The minimum Gasteiger partial charge on any atom is -0.327 e. The van der Waals surface area contributed by atoms with Crippen molar-refractivity contribution in [2.24, 2.45) is 0 Å². The number of nitrogens with zero attached hydrogens (tertiary/aromatic N) is 4. The van der Waals surface area contributed by atoms with Gasteiger partial charge >= 0.3 is 12.4 Å². The Morgan fingerprint density at radius 2 is 1.67 bits per heavy atom. The van der Waals surface area contributed by atoms with Gasteiger partial charge in [-0.2, -0.15) is 26.3 Å². The lowest BCUT2D eigenvalue weighted by atomic mass is 10.1. The smallest absolute Gasteiger partial charge is 0.327 e. The second-order valence-corrected chi connectivity index (χ2v) is 7.95. The summed E-state index contributed by atoms with van der Waals surface area (Å²) < 4.78 is 79.6. The van der Waals surface area contributed by atoms with Crippen molar-refractivity contribution in [3.63, 3.8) is 0 Å². The Morgan fingerprint density at radius 1 is 1.00 bits per heavy atom. The van der Waals surface area contributed by atoms with Gasteiger partial charge in [0.2, 0.25) is 0 Å². The summed E-state index contributed by atoms with van der Waals surface area (Å²) in [6.45, 7) is 1.83. The first-order chi connectivity index (χ1) is 15.4. The molecule has 0 spiro atoms. The third-order valence-electron chi connectivity index (χ3n) is 5.38. The van der Waals surface area contributed by atoms with E-state index in [0.717, 1.165) is 24.3 Å². The lowest BCUT2D eigenvalue weighted by Gasteiger charge is -2.34. The maximum Gasteiger partial charge on any atom is 0.417 e. The van der Waals surface area contributed by atoms with Crippen molar-refractivity contribution in [1.82, 2.24) is 19.7 Å². The number of alkyl halides is 6. The Morgan fingerprint density at radius 3 is 2.27 bits per heavy atom. The highest BCUT2D eigenvalue weighted by Gasteiger charge is 2.37. The molecule has 1 aromatic heterocycles. The van der Waals surface area contributed by atoms with Gasteiger partial charge in [0.25, 0.3) is 5.91 Å². The van der Waals surface area contributed by atoms with Gasteiger partial charge in [-0.3, -0.25) is 4.79 Å². The monoisotopic (exact) mass is 488 g/mol. The molecule has 5 nitrogen and oxygen atoms in total. The molecule has 0 saturated carbocycles. The van der Waals surface area contributed by atoms with E-state index >= 15 is 0 Å². The van der Waals surface area contributed by atoms with Crippen molar-refractivity contribution in [1.29, 1.82) is 0 Å². The lowest BCUT2D eigenvalue weighted by molar-refractivity contribution is -0.138. The summed E-state index contributed by atoms with van der Waals surface area (Å²) in [5.41, 5.74) is -1.77. The van der Waals surface area contributed by atoms with E-state index in [0.29, 0.717) is 17.2 Å². The van der Waals surface area contributed by atoms with Gasteiger partial charge in [-0.05, 0) is 31.2 Å². The average molecular weight is 489 g/mol. The summed E-state index contributed by atoms with van der Waals surface area (Å²) in [5.74, 6) is -0.0156. The van der Waals surface area contributed by atoms with Crippen molar-refractivity contribution in [2.45, 2.75) is 38.4 Å². The van der Waals surface area contributed by atoms with Gasteiger partial charge in [0, 0.05) is 18.2 Å². The van der Waals surface area contributed by atoms with E-state index in [1.165, 1.54) is 23.1 Å². The molecular weight excluding hydrogens is 474 g/mol. The summed E-state index contributed by atoms with van der Waals surface area (Å²) in [6.07, 6.45) is -9.18. The fourth-order valence-electron chi connectivity index (χ4n) is 3.68. The Labute approximate surface area is 188 Å². The molecule has 33 heavy (non-hydrogen) atoms. The Kier molecular flexibility index (Phi) is 5.63. The van der Waals surface area contributed by atoms with Crippen molar-refractivity contribution >= 4 is 17.5 Å². The van der Waals surface area contributed by atoms with Crippen LogP contribution in [0.2, 0.25) is 5.02 Å². The van der Waals surface area contributed by atoms with Crippen LogP contribution in [0.15, 0.2) is 42.5 Å². The van der Waals surface area contributed by atoms with E-state index in [1.54, 1.807) is 11.5 Å². The molecule has 0 fully saturated rings. The molecule has 0 radical (unpaired) electrons. The van der Waals surface area contributed by atoms with E-state index < -0.39 is 40.5 Å². The van der Waals surface area contributed by atoms with Gasteiger partial charge in [-0.1, -0.05) is 29.8 Å². The number of rotatable bonds is 2. The largest absolute Gasteiger partial charge is 0.417 e. The molecule has 1 aliphatic heterocycles. The second-order valence-electron chi connectivity index (χ2n) is 7.57. The molecule has 0 unspecified atom stereocenters. The number of carbonyl (C=O) groups excluding carboxylic acids is 1. The molecule has 2 aromatic carbocycles. The number of benzene rings is 2. The van der Waals surface area contributed by atoms with Crippen LogP contribution in [0.1, 0.15) is 34.2 Å². The number of halogens is 7. The first kappa shape index (κ1) is 23.1. The van der Waals surface area contributed by atoms with Crippen LogP contribution >= 0.6 is 11.6 Å². The molecule has 0 N–H and O–H groups in total. The number of aromatic nitrogens is 3. The number of hydrogen-bond acceptors (Lipinski definition) is 3. The summed E-state index contributed by atoms with van der Waals surface area (Å²) >= 11 is 5.90. The van der Waals surface area contributed by atoms with Crippen molar-refractivity contribution in [3.8, 4) is 11.4 Å². The maximum atomic E-state index is 13.2. The van der Waals surface area contributed by atoms with E-state index in [9.17, 15) is 31.1 Å². The predicted octanol–water partition coefficient (Wildman–Crippen LogP) is 5.68. The highest BCUT2D eigenvalue weighted by molar-refractivity contribution is 6.34. The van der Waals surface area contributed by atoms with Gasteiger partial charge in [-0.25, -0.2) is 0 Å². The van der Waals surface area contributed by atoms with Crippen LogP contribution in [-0.2, 0) is 25.4 Å². The minimum atomic E-state index is -4.71. The topological polar surface area (TPSA) is 51.0 Å². The fourth-order valence-corrected chi connectivity index (χ4v) is 3.99. The van der Waals surface area contributed by atoms with Crippen LogP contribution in [0.4, 0.5) is 26.3 Å². The normalized spacial score (nSPS) is 16.6. The van der Waals surface area contributed by atoms with Crippen LogP contribution in [0.3, 0.4) is 0 Å². The number of fused-ring (bicyclic) bond motifs is 1. The van der Waals surface area contributed by atoms with Crippen LogP contribution < -0.4 is 0 Å². The van der Waals surface area contributed by atoms with E-state index in [4.69, 9.17) is 11.6 Å². The second kappa shape index (κ2) is 8.05. The zero-order valence-electron chi connectivity index (χ0n) is 16.9. The highest BCUT2D eigenvalue weighted by atomic mass is 35.5. The molecule has 0 bridgehead atoms. The third-order valence-corrected chi connectivity index (χ3v) is 5.79. The summed E-state index contributed by atoms with van der Waals surface area (Å²) in [4.78, 5) is 14.4. The summed E-state index contributed by atoms with van der Waals surface area (Å²) in [5, 5.41) is 7.39. The first-order valence-corrected chi connectivity index (χ1v) is 10.0. The first-order valence-electron chi connectivity index (χ1n) is 9.64. The standard InChI is InChI=1S/C21H15ClF6N4O/c1-11-9-32-16(29-30-18(32)12-5-7-13(8-6-12)20(23,24)25)10-31(11)19(33)14-3-2-4-15(17(14)22)21(26,27)28/h2-8,11H,9-10H2,1H3/t11-/m0/s1. The molecule has 1 aliphatic rings. The molecule has 4 rings (SSSR count). The molecule has 3 aromatic rings. The Hall–Kier alpha value is -3.08. The zero-order valence-corrected chi connectivity index (χ0v) is 17.6. The molecule has 12 heteroatoms. The summed E-state index contributed by atoms with van der Waals surface area (Å²) in [7, 11) is 0. The number of amides is 1. The SMILES string of the molecule is C[C@H]1Cn2c(nnc2-c2ccc(C(F)(F)F)cc2)CN1C(=O)c1cccc(C(F)(F)F)c1Cl. The quantitative estimate of drug-likeness (QED) is 0.436. The molecule has 0 saturated heterocycles. The highest BCUT2D eigenvalue weighted by Crippen LogP contribution is 2.37. The molecular formula is C21H15ClF6N4O. The van der Waals surface area contributed by atoms with Crippen LogP contribution in [0, 0.1) is 0 Å². The molecule has 0 aliphatic carbocycles.